The third-order valence-electron chi connectivity index (χ3n) is 2.46. The van der Waals surface area contributed by atoms with Gasteiger partial charge in [0.15, 0.2) is 0 Å². The number of hydrogen-bond donors (Lipinski definition) is 1. The molecule has 70 valence electrons. The van der Waals surface area contributed by atoms with Gasteiger partial charge < -0.3 is 5.32 Å². The largest absolute Gasteiger partial charge is 0.310 e. The first-order chi connectivity index (χ1) is 6.18. The molecule has 2 rings (SSSR count). The van der Waals surface area contributed by atoms with Gasteiger partial charge in [-0.3, -0.25) is 0 Å². The highest BCUT2D eigenvalue weighted by atomic mass is 35.5. The predicted octanol–water partition coefficient (Wildman–Crippen LogP) is 2.69. The Balaban J connectivity index is 2.56. The third kappa shape index (κ3) is 1.56. The quantitative estimate of drug-likeness (QED) is 0.678. The first-order valence-electron chi connectivity index (χ1n) is 4.39. The van der Waals surface area contributed by atoms with Crippen LogP contribution in [0.5, 0.6) is 0 Å². The van der Waals surface area contributed by atoms with E-state index in [2.05, 4.69) is 5.32 Å². The molecule has 0 fully saturated rings. The van der Waals surface area contributed by atoms with Gasteiger partial charge in [0.1, 0.15) is 5.82 Å². The van der Waals surface area contributed by atoms with Crippen molar-refractivity contribution in [2.75, 3.05) is 6.54 Å². The van der Waals surface area contributed by atoms with Crippen molar-refractivity contribution in [2.45, 2.75) is 19.4 Å². The van der Waals surface area contributed by atoms with Gasteiger partial charge >= 0.3 is 0 Å². The smallest absolute Gasteiger partial charge is 0.124 e. The summed E-state index contributed by atoms with van der Waals surface area (Å²) in [4.78, 5) is 0. The Labute approximate surface area is 81.9 Å². The van der Waals surface area contributed by atoms with Gasteiger partial charge in [0.05, 0.1) is 0 Å². The lowest BCUT2D eigenvalue weighted by atomic mass is 9.95. The van der Waals surface area contributed by atoms with Crippen LogP contribution in [0.15, 0.2) is 12.1 Å². The van der Waals surface area contributed by atoms with Crippen molar-refractivity contribution < 1.29 is 4.39 Å². The van der Waals surface area contributed by atoms with Gasteiger partial charge in [-0.25, -0.2) is 4.39 Å². The van der Waals surface area contributed by atoms with E-state index in [1.54, 1.807) is 6.07 Å². The number of benzene rings is 1. The van der Waals surface area contributed by atoms with Gasteiger partial charge in [-0.2, -0.15) is 0 Å². The van der Waals surface area contributed by atoms with E-state index in [9.17, 15) is 4.39 Å². The monoisotopic (exact) mass is 199 g/mol. The molecule has 1 nitrogen and oxygen atoms in total. The lowest BCUT2D eigenvalue weighted by Crippen LogP contribution is -2.28. The number of nitrogens with one attached hydrogen (secondary N) is 1. The zero-order valence-corrected chi connectivity index (χ0v) is 8.16. The standard InChI is InChI=1S/C10H11ClFN/c1-6-10-7(2-3-13-6)4-8(12)5-9(10)11/h4-6,13H,2-3H2,1H3/t6-/m1/s1. The molecule has 0 saturated carbocycles. The van der Waals surface area contributed by atoms with E-state index >= 15 is 0 Å². The molecule has 0 aliphatic carbocycles. The second-order valence-corrected chi connectivity index (χ2v) is 3.79. The van der Waals surface area contributed by atoms with E-state index in [-0.39, 0.29) is 11.9 Å². The van der Waals surface area contributed by atoms with Crippen LogP contribution in [0.25, 0.3) is 0 Å². The Morgan fingerprint density at radius 1 is 1.54 bits per heavy atom. The molecule has 3 heteroatoms. The lowest BCUT2D eigenvalue weighted by molar-refractivity contribution is 0.535. The van der Waals surface area contributed by atoms with Crippen molar-refractivity contribution >= 4 is 11.6 Å². The molecule has 0 bridgehead atoms. The van der Waals surface area contributed by atoms with Gasteiger partial charge in [0, 0.05) is 11.1 Å². The van der Waals surface area contributed by atoms with Crippen molar-refractivity contribution in [2.24, 2.45) is 0 Å². The molecule has 1 aliphatic heterocycles. The van der Waals surface area contributed by atoms with Gasteiger partial charge in [-0.15, -0.1) is 0 Å². The molecule has 13 heavy (non-hydrogen) atoms. The van der Waals surface area contributed by atoms with Crippen LogP contribution in [0.1, 0.15) is 24.1 Å². The average Bonchev–Trinajstić information content (AvgIpc) is 2.02. The summed E-state index contributed by atoms with van der Waals surface area (Å²) >= 11 is 5.96. The van der Waals surface area contributed by atoms with Crippen LogP contribution in [0.3, 0.4) is 0 Å². The highest BCUT2D eigenvalue weighted by molar-refractivity contribution is 6.31. The molecule has 0 saturated heterocycles. The van der Waals surface area contributed by atoms with E-state index in [4.69, 9.17) is 11.6 Å². The molecule has 0 radical (unpaired) electrons. The fraction of sp³-hybridized carbons (Fsp3) is 0.400. The summed E-state index contributed by atoms with van der Waals surface area (Å²) in [6.45, 7) is 2.94. The van der Waals surface area contributed by atoms with Gasteiger partial charge in [-0.05, 0) is 43.1 Å². The van der Waals surface area contributed by atoms with Crippen molar-refractivity contribution in [3.05, 3.63) is 34.1 Å². The molecule has 0 amide bonds. The van der Waals surface area contributed by atoms with E-state index in [0.29, 0.717) is 5.02 Å². The van der Waals surface area contributed by atoms with Gasteiger partial charge in [-0.1, -0.05) is 11.6 Å². The van der Waals surface area contributed by atoms with E-state index in [0.717, 1.165) is 24.1 Å². The first kappa shape index (κ1) is 8.97. The maximum absolute atomic E-state index is 13.0. The molecular weight excluding hydrogens is 189 g/mol. The fourth-order valence-electron chi connectivity index (χ4n) is 1.86. The van der Waals surface area contributed by atoms with Crippen LogP contribution in [0.4, 0.5) is 4.39 Å². The Morgan fingerprint density at radius 2 is 2.31 bits per heavy atom. The fourth-order valence-corrected chi connectivity index (χ4v) is 2.24. The Bertz CT molecular complexity index is 338. The molecule has 0 spiro atoms. The minimum absolute atomic E-state index is 0.233. The zero-order valence-electron chi connectivity index (χ0n) is 7.40. The van der Waals surface area contributed by atoms with Crippen molar-refractivity contribution in [3.8, 4) is 0 Å². The first-order valence-corrected chi connectivity index (χ1v) is 4.77. The Morgan fingerprint density at radius 3 is 3.08 bits per heavy atom. The van der Waals surface area contributed by atoms with E-state index in [1.807, 2.05) is 6.92 Å². The third-order valence-corrected chi connectivity index (χ3v) is 2.77. The Hall–Kier alpha value is -0.600. The SMILES string of the molecule is C[C@H]1NCCc2cc(F)cc(Cl)c21. The van der Waals surface area contributed by atoms with Crippen LogP contribution >= 0.6 is 11.6 Å². The second-order valence-electron chi connectivity index (χ2n) is 3.39. The summed E-state index contributed by atoms with van der Waals surface area (Å²) < 4.78 is 13.0. The number of halogens is 2. The highest BCUT2D eigenvalue weighted by Gasteiger charge is 2.19. The topological polar surface area (TPSA) is 12.0 Å². The number of fused-ring (bicyclic) bond motifs is 1. The van der Waals surface area contributed by atoms with Crippen LogP contribution in [-0.2, 0) is 6.42 Å². The summed E-state index contributed by atoms with van der Waals surface area (Å²) in [5, 5.41) is 3.83. The summed E-state index contributed by atoms with van der Waals surface area (Å²) in [5.41, 5.74) is 2.09. The molecule has 1 aromatic rings. The summed E-state index contributed by atoms with van der Waals surface area (Å²) in [5.74, 6) is -0.238. The number of hydrogen-bond acceptors (Lipinski definition) is 1. The van der Waals surface area contributed by atoms with Crippen LogP contribution in [-0.4, -0.2) is 6.54 Å². The minimum Gasteiger partial charge on any atom is -0.310 e. The van der Waals surface area contributed by atoms with E-state index < -0.39 is 0 Å². The average molecular weight is 200 g/mol. The van der Waals surface area contributed by atoms with Crippen molar-refractivity contribution in [3.63, 3.8) is 0 Å². The minimum atomic E-state index is -0.238. The Kier molecular flexibility index (Phi) is 2.26. The summed E-state index contributed by atoms with van der Waals surface area (Å²) in [7, 11) is 0. The molecular formula is C10H11ClFN. The van der Waals surface area contributed by atoms with Gasteiger partial charge in [0.2, 0.25) is 0 Å². The molecule has 1 aliphatic rings. The normalized spacial score (nSPS) is 21.3. The molecule has 0 aromatic heterocycles. The summed E-state index contributed by atoms with van der Waals surface area (Å²) in [6.07, 6.45) is 0.858. The predicted molar refractivity (Wildman–Crippen MR) is 51.5 cm³/mol. The summed E-state index contributed by atoms with van der Waals surface area (Å²) in [6, 6.07) is 3.19. The van der Waals surface area contributed by atoms with Crippen LogP contribution < -0.4 is 5.32 Å². The van der Waals surface area contributed by atoms with Crippen LogP contribution in [0.2, 0.25) is 5.02 Å². The van der Waals surface area contributed by atoms with Crippen LogP contribution in [0, 0.1) is 5.82 Å². The molecule has 1 aromatic carbocycles. The maximum Gasteiger partial charge on any atom is 0.124 e. The molecule has 1 heterocycles. The van der Waals surface area contributed by atoms with E-state index in [1.165, 1.54) is 6.07 Å². The van der Waals surface area contributed by atoms with Crippen molar-refractivity contribution in [1.29, 1.82) is 0 Å². The molecule has 1 N–H and O–H groups in total. The van der Waals surface area contributed by atoms with Crippen molar-refractivity contribution in [1.82, 2.24) is 5.32 Å². The lowest BCUT2D eigenvalue weighted by Gasteiger charge is -2.24. The van der Waals surface area contributed by atoms with Gasteiger partial charge in [0.25, 0.3) is 0 Å². The molecule has 0 unspecified atom stereocenters. The maximum atomic E-state index is 13.0. The molecule has 1 atom stereocenters. The second kappa shape index (κ2) is 3.28. The highest BCUT2D eigenvalue weighted by Crippen LogP contribution is 2.30. The number of rotatable bonds is 0. The zero-order chi connectivity index (χ0) is 9.42.